The molecule has 2 heterocycles. The van der Waals surface area contributed by atoms with E-state index >= 15 is 0 Å². The van der Waals surface area contributed by atoms with Gasteiger partial charge in [0.25, 0.3) is 5.91 Å². The fourth-order valence-corrected chi connectivity index (χ4v) is 4.22. The lowest BCUT2D eigenvalue weighted by Gasteiger charge is -2.22. The highest BCUT2D eigenvalue weighted by Gasteiger charge is 2.39. The fraction of sp³-hybridized carbons (Fsp3) is 0.450. The van der Waals surface area contributed by atoms with Gasteiger partial charge in [-0.15, -0.1) is 0 Å². The Kier molecular flexibility index (Phi) is 4.70. The second kappa shape index (κ2) is 7.15. The van der Waals surface area contributed by atoms with Crippen LogP contribution < -0.4 is 0 Å². The zero-order valence-corrected chi connectivity index (χ0v) is 15.3. The SMILES string of the molecule is COC1CC(CC(=O)O)N(C(=O)c2nn(-c3ccccc3)c3c2CCC3)C1. The molecule has 7 nitrogen and oxygen atoms in total. The number of methoxy groups -OCH3 is 1. The minimum Gasteiger partial charge on any atom is -0.481 e. The van der Waals surface area contributed by atoms with Crippen molar-refractivity contribution in [1.29, 1.82) is 0 Å². The maximum absolute atomic E-state index is 13.3. The fourth-order valence-electron chi connectivity index (χ4n) is 4.22. The first kappa shape index (κ1) is 17.7. The normalized spacial score (nSPS) is 21.4. The van der Waals surface area contributed by atoms with Crippen LogP contribution in [-0.2, 0) is 22.4 Å². The summed E-state index contributed by atoms with van der Waals surface area (Å²) in [6.07, 6.45) is 3.05. The van der Waals surface area contributed by atoms with E-state index in [1.807, 2.05) is 35.0 Å². The van der Waals surface area contributed by atoms with Crippen LogP contribution in [-0.4, -0.2) is 57.5 Å². The first-order valence-electron chi connectivity index (χ1n) is 9.30. The molecule has 0 bridgehead atoms. The lowest BCUT2D eigenvalue weighted by Crippen LogP contribution is -2.38. The molecule has 1 aromatic carbocycles. The Morgan fingerprint density at radius 3 is 2.74 bits per heavy atom. The van der Waals surface area contributed by atoms with E-state index in [0.717, 1.165) is 36.2 Å². The summed E-state index contributed by atoms with van der Waals surface area (Å²) < 4.78 is 7.26. The number of likely N-dealkylation sites (tertiary alicyclic amines) is 1. The van der Waals surface area contributed by atoms with Crippen molar-refractivity contribution in [3.8, 4) is 5.69 Å². The highest BCUT2D eigenvalue weighted by molar-refractivity contribution is 5.95. The van der Waals surface area contributed by atoms with Gasteiger partial charge in [-0.2, -0.15) is 5.10 Å². The van der Waals surface area contributed by atoms with Crippen LogP contribution in [0.1, 0.15) is 41.0 Å². The van der Waals surface area contributed by atoms with Crippen LogP contribution in [0.3, 0.4) is 0 Å². The molecule has 0 radical (unpaired) electrons. The molecule has 2 atom stereocenters. The number of hydrogen-bond acceptors (Lipinski definition) is 4. The van der Waals surface area contributed by atoms with Crippen molar-refractivity contribution in [3.05, 3.63) is 47.3 Å². The Hall–Kier alpha value is -2.67. The Labute approximate surface area is 157 Å². The third-order valence-corrected chi connectivity index (χ3v) is 5.51. The summed E-state index contributed by atoms with van der Waals surface area (Å²) in [5.74, 6) is -1.09. The first-order chi connectivity index (χ1) is 13.1. The minimum atomic E-state index is -0.908. The monoisotopic (exact) mass is 369 g/mol. The number of amides is 1. The number of carbonyl (C=O) groups is 2. The summed E-state index contributed by atoms with van der Waals surface area (Å²) in [4.78, 5) is 26.2. The molecule has 7 heteroatoms. The van der Waals surface area contributed by atoms with Crippen LogP contribution in [0.25, 0.3) is 5.69 Å². The van der Waals surface area contributed by atoms with Crippen molar-refractivity contribution >= 4 is 11.9 Å². The van der Waals surface area contributed by atoms with Crippen LogP contribution in [0.15, 0.2) is 30.3 Å². The van der Waals surface area contributed by atoms with Crippen molar-refractivity contribution < 1.29 is 19.4 Å². The number of carboxylic acids is 1. The topological polar surface area (TPSA) is 84.7 Å². The van der Waals surface area contributed by atoms with Gasteiger partial charge in [0.1, 0.15) is 0 Å². The summed E-state index contributed by atoms with van der Waals surface area (Å²) in [6, 6.07) is 9.44. The van der Waals surface area contributed by atoms with Gasteiger partial charge in [0.2, 0.25) is 0 Å². The van der Waals surface area contributed by atoms with Gasteiger partial charge in [0.15, 0.2) is 5.69 Å². The zero-order chi connectivity index (χ0) is 19.0. The third-order valence-electron chi connectivity index (χ3n) is 5.51. The number of aliphatic carboxylic acids is 1. The number of nitrogens with zero attached hydrogens (tertiary/aromatic N) is 3. The maximum Gasteiger partial charge on any atom is 0.305 e. The van der Waals surface area contributed by atoms with Crippen LogP contribution in [0, 0.1) is 0 Å². The van der Waals surface area contributed by atoms with E-state index in [-0.39, 0.29) is 24.5 Å². The van der Waals surface area contributed by atoms with E-state index in [0.29, 0.717) is 18.7 Å². The molecule has 1 N–H and O–H groups in total. The second-order valence-corrected chi connectivity index (χ2v) is 7.18. The Morgan fingerprint density at radius 2 is 2.04 bits per heavy atom. The molecule has 2 unspecified atom stereocenters. The predicted octanol–water partition coefficient (Wildman–Crippen LogP) is 2.07. The highest BCUT2D eigenvalue weighted by Crippen LogP contribution is 2.31. The van der Waals surface area contributed by atoms with E-state index in [4.69, 9.17) is 4.74 Å². The standard InChI is InChI=1S/C20H23N3O4/c1-27-15-10-14(11-18(24)25)22(12-15)20(26)19-16-8-5-9-17(16)23(21-19)13-6-3-2-4-7-13/h2-4,6-7,14-15H,5,8-12H2,1H3,(H,24,25). The quantitative estimate of drug-likeness (QED) is 0.872. The number of ether oxygens (including phenoxy) is 1. The smallest absolute Gasteiger partial charge is 0.305 e. The minimum absolute atomic E-state index is 0.0762. The molecular formula is C20H23N3O4. The number of carbonyl (C=O) groups excluding carboxylic acids is 1. The average molecular weight is 369 g/mol. The second-order valence-electron chi connectivity index (χ2n) is 7.18. The number of fused-ring (bicyclic) bond motifs is 1. The molecule has 1 amide bonds. The van der Waals surface area contributed by atoms with Gasteiger partial charge in [0, 0.05) is 31.0 Å². The van der Waals surface area contributed by atoms with Crippen LogP contribution >= 0.6 is 0 Å². The summed E-state index contributed by atoms with van der Waals surface area (Å²) in [6.45, 7) is 0.403. The molecule has 0 spiro atoms. The van der Waals surface area contributed by atoms with Crippen molar-refractivity contribution in [2.45, 2.75) is 44.2 Å². The van der Waals surface area contributed by atoms with Gasteiger partial charge >= 0.3 is 5.97 Å². The number of rotatable bonds is 5. The highest BCUT2D eigenvalue weighted by atomic mass is 16.5. The van der Waals surface area contributed by atoms with E-state index in [9.17, 15) is 14.7 Å². The van der Waals surface area contributed by atoms with Crippen molar-refractivity contribution in [3.63, 3.8) is 0 Å². The summed E-state index contributed by atoms with van der Waals surface area (Å²) in [5, 5.41) is 13.9. The molecule has 1 aliphatic carbocycles. The van der Waals surface area contributed by atoms with E-state index in [1.54, 1.807) is 12.0 Å². The molecule has 0 saturated carbocycles. The van der Waals surface area contributed by atoms with Gasteiger partial charge in [-0.3, -0.25) is 9.59 Å². The average Bonchev–Trinajstić information content (AvgIpc) is 3.36. The number of para-hydroxylation sites is 1. The Balaban J connectivity index is 1.69. The lowest BCUT2D eigenvalue weighted by molar-refractivity contribution is -0.138. The molecule has 1 fully saturated rings. The van der Waals surface area contributed by atoms with E-state index in [1.165, 1.54) is 0 Å². The molecule has 2 aromatic rings. The van der Waals surface area contributed by atoms with Crippen molar-refractivity contribution in [1.82, 2.24) is 14.7 Å². The van der Waals surface area contributed by atoms with Crippen LogP contribution in [0.5, 0.6) is 0 Å². The summed E-state index contributed by atoms with van der Waals surface area (Å²) in [7, 11) is 1.60. The summed E-state index contributed by atoms with van der Waals surface area (Å²) in [5.41, 5.74) is 3.48. The number of aromatic nitrogens is 2. The maximum atomic E-state index is 13.3. The molecule has 2 aliphatic rings. The van der Waals surface area contributed by atoms with Gasteiger partial charge < -0.3 is 14.7 Å². The number of benzene rings is 1. The van der Waals surface area contributed by atoms with Gasteiger partial charge in [0.05, 0.1) is 18.2 Å². The summed E-state index contributed by atoms with van der Waals surface area (Å²) >= 11 is 0. The Morgan fingerprint density at radius 1 is 1.26 bits per heavy atom. The Bertz CT molecular complexity index is 862. The first-order valence-corrected chi connectivity index (χ1v) is 9.30. The van der Waals surface area contributed by atoms with Gasteiger partial charge in [-0.05, 0) is 37.8 Å². The van der Waals surface area contributed by atoms with Gasteiger partial charge in [-0.1, -0.05) is 18.2 Å². The van der Waals surface area contributed by atoms with Crippen LogP contribution in [0.4, 0.5) is 0 Å². The van der Waals surface area contributed by atoms with E-state index < -0.39 is 5.97 Å². The molecule has 1 aliphatic heterocycles. The molecular weight excluding hydrogens is 346 g/mol. The molecule has 142 valence electrons. The molecule has 1 saturated heterocycles. The lowest BCUT2D eigenvalue weighted by atomic mass is 10.1. The zero-order valence-electron chi connectivity index (χ0n) is 15.3. The molecule has 1 aromatic heterocycles. The van der Waals surface area contributed by atoms with E-state index in [2.05, 4.69) is 5.10 Å². The number of hydrogen-bond donors (Lipinski definition) is 1. The van der Waals surface area contributed by atoms with Gasteiger partial charge in [-0.25, -0.2) is 4.68 Å². The third kappa shape index (κ3) is 3.23. The molecule has 4 rings (SSSR count). The van der Waals surface area contributed by atoms with Crippen LogP contribution in [0.2, 0.25) is 0 Å². The molecule has 27 heavy (non-hydrogen) atoms. The predicted molar refractivity (Wildman–Crippen MR) is 98.1 cm³/mol. The largest absolute Gasteiger partial charge is 0.481 e. The van der Waals surface area contributed by atoms with Crippen molar-refractivity contribution in [2.24, 2.45) is 0 Å². The van der Waals surface area contributed by atoms with Crippen molar-refractivity contribution in [2.75, 3.05) is 13.7 Å². The number of carboxylic acid groups (broad SMARTS) is 1.